The minimum atomic E-state index is 0.153. The van der Waals surface area contributed by atoms with Gasteiger partial charge in [-0.05, 0) is 40.8 Å². The van der Waals surface area contributed by atoms with Gasteiger partial charge in [0.2, 0.25) is 5.95 Å². The number of halogens is 2. The van der Waals surface area contributed by atoms with Gasteiger partial charge in [-0.2, -0.15) is 4.98 Å². The van der Waals surface area contributed by atoms with Crippen LogP contribution in [0.25, 0.3) is 0 Å². The van der Waals surface area contributed by atoms with Crippen LogP contribution in [0.5, 0.6) is 5.75 Å². The van der Waals surface area contributed by atoms with Crippen LogP contribution in [0.4, 0.5) is 17.5 Å². The van der Waals surface area contributed by atoms with E-state index in [1.165, 1.54) is 6.20 Å². The Bertz CT molecular complexity index is 695. The minimum Gasteiger partial charge on any atom is -0.488 e. The van der Waals surface area contributed by atoms with Crippen molar-refractivity contribution in [2.45, 2.75) is 18.9 Å². The van der Waals surface area contributed by atoms with Crippen molar-refractivity contribution in [1.29, 1.82) is 0 Å². The van der Waals surface area contributed by atoms with E-state index < -0.39 is 0 Å². The molecule has 0 radical (unpaired) electrons. The molecule has 3 rings (SSSR count). The Kier molecular flexibility index (Phi) is 5.39. The van der Waals surface area contributed by atoms with Gasteiger partial charge >= 0.3 is 0 Å². The van der Waals surface area contributed by atoms with E-state index in [1.807, 2.05) is 18.2 Å². The van der Waals surface area contributed by atoms with Crippen LogP contribution in [-0.2, 0) is 4.74 Å². The molecule has 122 valence electrons. The Morgan fingerprint density at radius 3 is 2.87 bits per heavy atom. The monoisotopic (exact) mass is 446 g/mol. The van der Waals surface area contributed by atoms with E-state index in [4.69, 9.17) is 26.8 Å². The lowest BCUT2D eigenvalue weighted by Gasteiger charge is -2.24. The smallest absolute Gasteiger partial charge is 0.229 e. The Morgan fingerprint density at radius 1 is 1.35 bits per heavy atom. The number of nitrogen functional groups attached to an aromatic ring is 1. The highest BCUT2D eigenvalue weighted by atomic mass is 127. The summed E-state index contributed by atoms with van der Waals surface area (Å²) in [6.45, 7) is 1.46. The Balaban J connectivity index is 1.81. The van der Waals surface area contributed by atoms with Crippen LogP contribution in [-0.4, -0.2) is 29.3 Å². The molecule has 23 heavy (non-hydrogen) atoms. The molecule has 0 aliphatic carbocycles. The molecule has 2 heterocycles. The van der Waals surface area contributed by atoms with Gasteiger partial charge in [-0.3, -0.25) is 0 Å². The van der Waals surface area contributed by atoms with Crippen molar-refractivity contribution < 1.29 is 9.47 Å². The van der Waals surface area contributed by atoms with Crippen molar-refractivity contribution in [2.75, 3.05) is 24.3 Å². The largest absolute Gasteiger partial charge is 0.488 e. The second kappa shape index (κ2) is 7.50. The Morgan fingerprint density at radius 2 is 2.13 bits per heavy atom. The molecule has 1 fully saturated rings. The molecule has 1 aromatic heterocycles. The molecule has 1 aliphatic rings. The fraction of sp³-hybridized carbons (Fsp3) is 0.333. The molecule has 0 bridgehead atoms. The zero-order valence-corrected chi connectivity index (χ0v) is 15.2. The maximum absolute atomic E-state index is 6.11. The third kappa shape index (κ3) is 4.36. The number of hydrogen-bond donors (Lipinski definition) is 2. The van der Waals surface area contributed by atoms with Gasteiger partial charge in [0.25, 0.3) is 0 Å². The van der Waals surface area contributed by atoms with Crippen molar-refractivity contribution >= 4 is 51.6 Å². The van der Waals surface area contributed by atoms with Gasteiger partial charge in [0.05, 0.1) is 25.1 Å². The summed E-state index contributed by atoms with van der Waals surface area (Å²) in [6, 6.07) is 5.92. The normalized spacial score (nSPS) is 15.4. The molecule has 0 spiro atoms. The summed E-state index contributed by atoms with van der Waals surface area (Å²) in [5.74, 6) is 1.38. The van der Waals surface area contributed by atoms with E-state index in [-0.39, 0.29) is 11.9 Å². The Hall–Kier alpha value is -1.32. The molecule has 2 aromatic rings. The summed E-state index contributed by atoms with van der Waals surface area (Å²) < 4.78 is 12.5. The number of nitrogens with two attached hydrogens (primary N) is 1. The summed E-state index contributed by atoms with van der Waals surface area (Å²) in [5, 5.41) is 3.48. The lowest BCUT2D eigenvalue weighted by atomic mass is 10.1. The van der Waals surface area contributed by atoms with E-state index in [0.29, 0.717) is 11.0 Å². The highest BCUT2D eigenvalue weighted by Gasteiger charge is 2.17. The predicted molar refractivity (Wildman–Crippen MR) is 98.4 cm³/mol. The molecule has 0 unspecified atom stereocenters. The van der Waals surface area contributed by atoms with Gasteiger partial charge in [0.15, 0.2) is 0 Å². The van der Waals surface area contributed by atoms with E-state index in [9.17, 15) is 0 Å². The van der Waals surface area contributed by atoms with Crippen LogP contribution in [0, 0.1) is 3.57 Å². The van der Waals surface area contributed by atoms with Crippen molar-refractivity contribution in [3.8, 4) is 5.75 Å². The first kappa shape index (κ1) is 16.5. The summed E-state index contributed by atoms with van der Waals surface area (Å²) in [6.07, 6.45) is 3.39. The predicted octanol–water partition coefficient (Wildman–Crippen LogP) is 3.62. The minimum absolute atomic E-state index is 0.153. The van der Waals surface area contributed by atoms with Gasteiger partial charge in [-0.1, -0.05) is 11.6 Å². The molecule has 1 aromatic carbocycles. The maximum atomic E-state index is 6.11. The lowest BCUT2D eigenvalue weighted by molar-refractivity contribution is 0.0258. The van der Waals surface area contributed by atoms with E-state index in [1.54, 1.807) is 0 Å². The lowest BCUT2D eigenvalue weighted by Crippen LogP contribution is -2.26. The molecule has 6 nitrogen and oxygen atoms in total. The maximum Gasteiger partial charge on any atom is 0.229 e. The highest BCUT2D eigenvalue weighted by Crippen LogP contribution is 2.31. The highest BCUT2D eigenvalue weighted by molar-refractivity contribution is 14.1. The van der Waals surface area contributed by atoms with Crippen LogP contribution in [0.1, 0.15) is 12.8 Å². The van der Waals surface area contributed by atoms with Crippen molar-refractivity contribution in [1.82, 2.24) is 9.97 Å². The second-order valence-electron chi connectivity index (χ2n) is 5.12. The van der Waals surface area contributed by atoms with Gasteiger partial charge in [-0.15, -0.1) is 0 Å². The van der Waals surface area contributed by atoms with Gasteiger partial charge in [0, 0.05) is 16.4 Å². The third-order valence-corrected chi connectivity index (χ3v) is 4.38. The van der Waals surface area contributed by atoms with Crippen LogP contribution >= 0.6 is 34.2 Å². The first-order valence-corrected chi connectivity index (χ1v) is 8.66. The number of ether oxygens (including phenoxy) is 2. The number of aromatic nitrogens is 2. The Labute approximate surface area is 152 Å². The molecular weight excluding hydrogens is 431 g/mol. The fourth-order valence-corrected chi connectivity index (χ4v) is 2.82. The first-order chi connectivity index (χ1) is 11.1. The second-order valence-corrected chi connectivity index (χ2v) is 6.77. The van der Waals surface area contributed by atoms with Gasteiger partial charge < -0.3 is 20.5 Å². The van der Waals surface area contributed by atoms with Gasteiger partial charge in [0.1, 0.15) is 22.7 Å². The van der Waals surface area contributed by atoms with Crippen LogP contribution in [0.2, 0.25) is 5.02 Å². The summed E-state index contributed by atoms with van der Waals surface area (Å²) >= 11 is 8.10. The average Bonchev–Trinajstić information content (AvgIpc) is 2.55. The van der Waals surface area contributed by atoms with Crippen molar-refractivity contribution in [3.63, 3.8) is 0 Å². The van der Waals surface area contributed by atoms with Crippen molar-refractivity contribution in [2.24, 2.45) is 0 Å². The van der Waals surface area contributed by atoms with Crippen LogP contribution < -0.4 is 15.8 Å². The molecule has 1 saturated heterocycles. The third-order valence-electron chi connectivity index (χ3n) is 3.42. The zero-order valence-electron chi connectivity index (χ0n) is 12.3. The van der Waals surface area contributed by atoms with Crippen LogP contribution in [0.15, 0.2) is 24.4 Å². The molecule has 3 N–H and O–H groups in total. The molecule has 1 aliphatic heterocycles. The topological polar surface area (TPSA) is 82.3 Å². The number of benzene rings is 1. The molecular formula is C15H16ClIN4O2. The zero-order chi connectivity index (χ0) is 16.2. The molecule has 8 heteroatoms. The molecule has 0 amide bonds. The molecule has 0 saturated carbocycles. The first-order valence-electron chi connectivity index (χ1n) is 7.21. The number of nitrogens with zero attached hydrogens (tertiary/aromatic N) is 2. The number of nitrogens with one attached hydrogen (secondary N) is 1. The van der Waals surface area contributed by atoms with E-state index in [2.05, 4.69) is 37.9 Å². The summed E-state index contributed by atoms with van der Waals surface area (Å²) in [4.78, 5) is 8.27. The van der Waals surface area contributed by atoms with E-state index >= 15 is 0 Å². The SMILES string of the molecule is Nc1nc(Nc2cc(I)ccc2OC2CCOCC2)ncc1Cl. The molecule has 0 atom stereocenters. The van der Waals surface area contributed by atoms with E-state index in [0.717, 1.165) is 41.1 Å². The van der Waals surface area contributed by atoms with Crippen LogP contribution in [0.3, 0.4) is 0 Å². The fourth-order valence-electron chi connectivity index (χ4n) is 2.24. The number of rotatable bonds is 4. The summed E-state index contributed by atoms with van der Waals surface area (Å²) in [5.41, 5.74) is 6.52. The average molecular weight is 447 g/mol. The summed E-state index contributed by atoms with van der Waals surface area (Å²) in [7, 11) is 0. The van der Waals surface area contributed by atoms with Crippen molar-refractivity contribution in [3.05, 3.63) is 33.0 Å². The number of hydrogen-bond acceptors (Lipinski definition) is 6. The quantitative estimate of drug-likeness (QED) is 0.698. The standard InChI is InChI=1S/C15H16ClIN4O2/c16-11-8-19-15(21-14(11)18)20-12-7-9(17)1-2-13(12)23-10-3-5-22-6-4-10/h1-2,7-8,10H,3-6H2,(H3,18,19,20,21). The number of anilines is 3. The van der Waals surface area contributed by atoms with Gasteiger partial charge in [-0.25, -0.2) is 4.98 Å².